The smallest absolute Gasteiger partial charge is 0.379 e. The van der Waals surface area contributed by atoms with Crippen LogP contribution in [0.2, 0.25) is 0 Å². The van der Waals surface area contributed by atoms with E-state index in [-0.39, 0.29) is 17.8 Å². The molecule has 1 heterocycles. The third kappa shape index (κ3) is 4.85. The van der Waals surface area contributed by atoms with Crippen molar-refractivity contribution in [2.75, 3.05) is 37.3 Å². The molecule has 0 aliphatic carbocycles. The zero-order chi connectivity index (χ0) is 16.4. The van der Waals surface area contributed by atoms with Crippen molar-refractivity contribution in [1.82, 2.24) is 4.90 Å². The summed E-state index contributed by atoms with van der Waals surface area (Å²) in [5.74, 6) is 0. The van der Waals surface area contributed by atoms with E-state index in [0.29, 0.717) is 26.3 Å². The maximum atomic E-state index is 13.2. The summed E-state index contributed by atoms with van der Waals surface area (Å²) in [7, 11) is -3.62. The highest BCUT2D eigenvalue weighted by molar-refractivity contribution is 7.92. The summed E-state index contributed by atoms with van der Waals surface area (Å²) in [6.07, 6.45) is -3.65. The Morgan fingerprint density at radius 2 is 1.91 bits per heavy atom. The zero-order valence-corrected chi connectivity index (χ0v) is 12.8. The number of rotatable bonds is 4. The van der Waals surface area contributed by atoms with Crippen LogP contribution >= 0.6 is 0 Å². The van der Waals surface area contributed by atoms with Crippen molar-refractivity contribution in [3.8, 4) is 0 Å². The Morgan fingerprint density at radius 1 is 1.27 bits per heavy atom. The Labute approximate surface area is 127 Å². The maximum absolute atomic E-state index is 13.2. The molecule has 9 heteroatoms. The predicted octanol–water partition coefficient (Wildman–Crippen LogP) is 1.91. The number of halogens is 3. The van der Waals surface area contributed by atoms with E-state index in [2.05, 4.69) is 4.72 Å². The molecule has 0 amide bonds. The minimum Gasteiger partial charge on any atom is -0.379 e. The SMILES string of the molecule is CS(=O)(=O)Nc1ccc(CN2CCOCC2)c(C(F)(F)F)c1. The Kier molecular flexibility index (Phi) is 4.98. The van der Waals surface area contributed by atoms with E-state index in [1.807, 2.05) is 4.90 Å². The molecular formula is C13H17F3N2O3S. The van der Waals surface area contributed by atoms with Crippen LogP contribution in [-0.2, 0) is 27.5 Å². The largest absolute Gasteiger partial charge is 0.416 e. The first kappa shape index (κ1) is 17.0. The first-order chi connectivity index (χ1) is 10.1. The summed E-state index contributed by atoms with van der Waals surface area (Å²) >= 11 is 0. The molecule has 1 aliphatic heterocycles. The molecule has 1 aliphatic rings. The quantitative estimate of drug-likeness (QED) is 0.911. The highest BCUT2D eigenvalue weighted by Crippen LogP contribution is 2.34. The Morgan fingerprint density at radius 3 is 2.45 bits per heavy atom. The highest BCUT2D eigenvalue weighted by atomic mass is 32.2. The summed E-state index contributed by atoms with van der Waals surface area (Å²) in [4.78, 5) is 1.87. The van der Waals surface area contributed by atoms with Crippen LogP contribution in [0.3, 0.4) is 0 Å². The lowest BCUT2D eigenvalue weighted by molar-refractivity contribution is -0.138. The molecule has 1 N–H and O–H groups in total. The van der Waals surface area contributed by atoms with Gasteiger partial charge in [-0.1, -0.05) is 6.07 Å². The number of nitrogens with one attached hydrogen (secondary N) is 1. The molecule has 1 aromatic carbocycles. The molecule has 0 bridgehead atoms. The second-order valence-corrected chi connectivity index (χ2v) is 6.88. The fourth-order valence-electron chi connectivity index (χ4n) is 2.26. The maximum Gasteiger partial charge on any atom is 0.416 e. The minimum absolute atomic E-state index is 0.0967. The molecule has 0 aromatic heterocycles. The van der Waals surface area contributed by atoms with Crippen LogP contribution in [-0.4, -0.2) is 45.9 Å². The summed E-state index contributed by atoms with van der Waals surface area (Å²) in [6.45, 7) is 2.28. The predicted molar refractivity (Wildman–Crippen MR) is 76.0 cm³/mol. The molecular weight excluding hydrogens is 321 g/mol. The number of benzene rings is 1. The van der Waals surface area contributed by atoms with Crippen molar-refractivity contribution >= 4 is 15.7 Å². The molecule has 0 saturated carbocycles. The lowest BCUT2D eigenvalue weighted by Crippen LogP contribution is -2.36. The average molecular weight is 338 g/mol. The number of hydrogen-bond donors (Lipinski definition) is 1. The number of ether oxygens (including phenoxy) is 1. The van der Waals surface area contributed by atoms with Crippen molar-refractivity contribution in [3.05, 3.63) is 29.3 Å². The second kappa shape index (κ2) is 6.43. The van der Waals surface area contributed by atoms with Crippen molar-refractivity contribution in [1.29, 1.82) is 0 Å². The number of hydrogen-bond acceptors (Lipinski definition) is 4. The van der Waals surface area contributed by atoms with E-state index in [0.717, 1.165) is 12.3 Å². The van der Waals surface area contributed by atoms with Crippen LogP contribution in [0.15, 0.2) is 18.2 Å². The van der Waals surface area contributed by atoms with Gasteiger partial charge in [0.1, 0.15) is 0 Å². The topological polar surface area (TPSA) is 58.6 Å². The fraction of sp³-hybridized carbons (Fsp3) is 0.538. The number of anilines is 1. The van der Waals surface area contributed by atoms with Crippen molar-refractivity contribution in [2.24, 2.45) is 0 Å². The van der Waals surface area contributed by atoms with Crippen LogP contribution in [0.4, 0.5) is 18.9 Å². The van der Waals surface area contributed by atoms with Gasteiger partial charge in [0.2, 0.25) is 10.0 Å². The van der Waals surface area contributed by atoms with Gasteiger partial charge in [0, 0.05) is 25.3 Å². The van der Waals surface area contributed by atoms with Crippen molar-refractivity contribution < 1.29 is 26.3 Å². The van der Waals surface area contributed by atoms with E-state index in [4.69, 9.17) is 4.74 Å². The van der Waals surface area contributed by atoms with Crippen LogP contribution in [0.5, 0.6) is 0 Å². The molecule has 22 heavy (non-hydrogen) atoms. The van der Waals surface area contributed by atoms with Crippen molar-refractivity contribution in [2.45, 2.75) is 12.7 Å². The lowest BCUT2D eigenvalue weighted by atomic mass is 10.1. The van der Waals surface area contributed by atoms with Crippen LogP contribution in [0.1, 0.15) is 11.1 Å². The first-order valence-corrected chi connectivity index (χ1v) is 8.52. The van der Waals surface area contributed by atoms with E-state index < -0.39 is 21.8 Å². The van der Waals surface area contributed by atoms with Crippen LogP contribution in [0.25, 0.3) is 0 Å². The molecule has 124 valence electrons. The van der Waals surface area contributed by atoms with Gasteiger partial charge in [-0.3, -0.25) is 9.62 Å². The Hall–Kier alpha value is -1.32. The van der Waals surface area contributed by atoms with Crippen molar-refractivity contribution in [3.63, 3.8) is 0 Å². The molecule has 1 aromatic rings. The Balaban J connectivity index is 2.28. The molecule has 0 atom stereocenters. The number of sulfonamides is 1. The molecule has 5 nitrogen and oxygen atoms in total. The Bertz CT molecular complexity index is 626. The normalized spacial score (nSPS) is 17.5. The summed E-state index contributed by atoms with van der Waals surface area (Å²) in [6, 6.07) is 3.48. The number of nitrogens with zero attached hydrogens (tertiary/aromatic N) is 1. The average Bonchev–Trinajstić information content (AvgIpc) is 2.39. The van der Waals surface area contributed by atoms with E-state index >= 15 is 0 Å². The van der Waals surface area contributed by atoms with E-state index in [1.54, 1.807) is 0 Å². The third-order valence-corrected chi connectivity index (χ3v) is 3.82. The van der Waals surface area contributed by atoms with Crippen LogP contribution in [0, 0.1) is 0 Å². The molecule has 0 spiro atoms. The van der Waals surface area contributed by atoms with Gasteiger partial charge in [0.15, 0.2) is 0 Å². The third-order valence-electron chi connectivity index (χ3n) is 3.22. The molecule has 0 radical (unpaired) electrons. The molecule has 1 saturated heterocycles. The summed E-state index contributed by atoms with van der Waals surface area (Å²) < 4.78 is 69.1. The zero-order valence-electron chi connectivity index (χ0n) is 12.0. The number of alkyl halides is 3. The van der Waals surface area contributed by atoms with Gasteiger partial charge in [-0.25, -0.2) is 8.42 Å². The standard InChI is InChI=1S/C13H17F3N2O3S/c1-22(19,20)17-11-3-2-10(12(8-11)13(14,15)16)9-18-4-6-21-7-5-18/h2-3,8,17H,4-7,9H2,1H3. The van der Waals surface area contributed by atoms with Gasteiger partial charge in [-0.05, 0) is 17.7 Å². The minimum atomic E-state index is -4.54. The van der Waals surface area contributed by atoms with Crippen LogP contribution < -0.4 is 4.72 Å². The van der Waals surface area contributed by atoms with Gasteiger partial charge < -0.3 is 4.74 Å². The van der Waals surface area contributed by atoms with E-state index in [9.17, 15) is 21.6 Å². The highest BCUT2D eigenvalue weighted by Gasteiger charge is 2.34. The molecule has 0 unspecified atom stereocenters. The van der Waals surface area contributed by atoms with Gasteiger partial charge >= 0.3 is 6.18 Å². The van der Waals surface area contributed by atoms with E-state index in [1.165, 1.54) is 12.1 Å². The summed E-state index contributed by atoms with van der Waals surface area (Å²) in [5, 5.41) is 0. The summed E-state index contributed by atoms with van der Waals surface area (Å²) in [5.41, 5.74) is -0.804. The first-order valence-electron chi connectivity index (χ1n) is 6.63. The lowest BCUT2D eigenvalue weighted by Gasteiger charge is -2.27. The van der Waals surface area contributed by atoms with Gasteiger partial charge in [-0.2, -0.15) is 13.2 Å². The molecule has 1 fully saturated rings. The fourth-order valence-corrected chi connectivity index (χ4v) is 2.81. The van der Waals surface area contributed by atoms with Gasteiger partial charge in [0.05, 0.1) is 25.0 Å². The monoisotopic (exact) mass is 338 g/mol. The number of morpholine rings is 1. The van der Waals surface area contributed by atoms with Gasteiger partial charge in [-0.15, -0.1) is 0 Å². The second-order valence-electron chi connectivity index (χ2n) is 5.13. The molecule has 2 rings (SSSR count). The van der Waals surface area contributed by atoms with Gasteiger partial charge in [0.25, 0.3) is 0 Å².